The molecule has 0 aliphatic carbocycles. The van der Waals surface area contributed by atoms with Crippen molar-refractivity contribution in [1.82, 2.24) is 15.5 Å². The van der Waals surface area contributed by atoms with Gasteiger partial charge in [-0.1, -0.05) is 0 Å². The minimum absolute atomic E-state index is 0.0940. The average molecular weight is 384 g/mol. The second-order valence-corrected chi connectivity index (χ2v) is 6.21. The monoisotopic (exact) mass is 384 g/mol. The molecule has 8 heteroatoms. The molecular formula is C19H33FN4O3. The number of aliphatic hydroxyl groups excluding tert-OH is 1. The van der Waals surface area contributed by atoms with Gasteiger partial charge in [0.05, 0.1) is 6.54 Å². The summed E-state index contributed by atoms with van der Waals surface area (Å²) in [4.78, 5) is 6.60. The lowest BCUT2D eigenvalue weighted by molar-refractivity contribution is 0.114. The van der Waals surface area contributed by atoms with Crippen molar-refractivity contribution in [3.05, 3.63) is 30.1 Å². The molecule has 0 aromatic heterocycles. The molecule has 154 valence electrons. The Kier molecular flexibility index (Phi) is 12.2. The average Bonchev–Trinajstić information content (AvgIpc) is 2.66. The third-order valence-corrected chi connectivity index (χ3v) is 3.73. The predicted molar refractivity (Wildman–Crippen MR) is 106 cm³/mol. The van der Waals surface area contributed by atoms with Gasteiger partial charge in [0.2, 0.25) is 0 Å². The number of likely N-dealkylation sites (N-methyl/N-ethyl adjacent to an activating group) is 1. The van der Waals surface area contributed by atoms with Crippen molar-refractivity contribution >= 4 is 5.96 Å². The molecule has 27 heavy (non-hydrogen) atoms. The third kappa shape index (κ3) is 11.4. The highest BCUT2D eigenvalue weighted by Gasteiger charge is 2.06. The van der Waals surface area contributed by atoms with Gasteiger partial charge in [0.25, 0.3) is 0 Å². The SMILES string of the molecule is CCNC(=NCC(O)COc1ccc(F)cc1)NCCN(C)CCCOC. The van der Waals surface area contributed by atoms with E-state index in [-0.39, 0.29) is 19.0 Å². The molecule has 1 unspecified atom stereocenters. The summed E-state index contributed by atoms with van der Waals surface area (Å²) in [5.41, 5.74) is 0. The molecule has 0 heterocycles. The number of halogens is 1. The Morgan fingerprint density at radius 3 is 2.67 bits per heavy atom. The van der Waals surface area contributed by atoms with Crippen molar-refractivity contribution in [3.63, 3.8) is 0 Å². The quantitative estimate of drug-likeness (QED) is 0.268. The van der Waals surface area contributed by atoms with E-state index in [0.29, 0.717) is 11.7 Å². The summed E-state index contributed by atoms with van der Waals surface area (Å²) in [6, 6.07) is 5.69. The number of hydrogen-bond acceptors (Lipinski definition) is 5. The van der Waals surface area contributed by atoms with E-state index in [9.17, 15) is 9.50 Å². The van der Waals surface area contributed by atoms with Crippen molar-refractivity contribution in [2.45, 2.75) is 19.4 Å². The van der Waals surface area contributed by atoms with Crippen LogP contribution in [0.4, 0.5) is 4.39 Å². The number of ether oxygens (including phenoxy) is 2. The van der Waals surface area contributed by atoms with Crippen LogP contribution in [-0.4, -0.2) is 82.2 Å². The third-order valence-electron chi connectivity index (χ3n) is 3.73. The number of aliphatic hydroxyl groups is 1. The zero-order chi connectivity index (χ0) is 19.9. The Balaban J connectivity index is 2.31. The molecule has 7 nitrogen and oxygen atoms in total. The van der Waals surface area contributed by atoms with E-state index in [1.54, 1.807) is 7.11 Å². The van der Waals surface area contributed by atoms with Crippen LogP contribution in [0.25, 0.3) is 0 Å². The second-order valence-electron chi connectivity index (χ2n) is 6.21. The second kappa shape index (κ2) is 14.2. The largest absolute Gasteiger partial charge is 0.491 e. The smallest absolute Gasteiger partial charge is 0.191 e. The van der Waals surface area contributed by atoms with Crippen molar-refractivity contribution in [2.75, 3.05) is 60.1 Å². The van der Waals surface area contributed by atoms with Gasteiger partial charge >= 0.3 is 0 Å². The lowest BCUT2D eigenvalue weighted by Gasteiger charge is -2.18. The number of nitrogens with one attached hydrogen (secondary N) is 2. The van der Waals surface area contributed by atoms with E-state index in [0.717, 1.165) is 39.2 Å². The normalized spacial score (nSPS) is 12.9. The minimum Gasteiger partial charge on any atom is -0.491 e. The lowest BCUT2D eigenvalue weighted by Crippen LogP contribution is -2.41. The number of aliphatic imine (C=N–C) groups is 1. The van der Waals surface area contributed by atoms with Crippen LogP contribution in [0.5, 0.6) is 5.75 Å². The topological polar surface area (TPSA) is 78.4 Å². The first kappa shape index (κ1) is 23.1. The van der Waals surface area contributed by atoms with Gasteiger partial charge in [0, 0.05) is 39.9 Å². The summed E-state index contributed by atoms with van der Waals surface area (Å²) in [6.45, 7) is 6.39. The van der Waals surface area contributed by atoms with E-state index in [1.165, 1.54) is 24.3 Å². The first-order chi connectivity index (χ1) is 13.0. The van der Waals surface area contributed by atoms with Gasteiger partial charge < -0.3 is 30.1 Å². The Labute approximate surface area is 161 Å². The molecular weight excluding hydrogens is 351 g/mol. The van der Waals surface area contributed by atoms with E-state index >= 15 is 0 Å². The molecule has 3 N–H and O–H groups in total. The minimum atomic E-state index is -0.748. The highest BCUT2D eigenvalue weighted by molar-refractivity contribution is 5.79. The van der Waals surface area contributed by atoms with Crippen LogP contribution < -0.4 is 15.4 Å². The van der Waals surface area contributed by atoms with Gasteiger partial charge in [0.15, 0.2) is 5.96 Å². The van der Waals surface area contributed by atoms with Crippen LogP contribution in [0, 0.1) is 5.82 Å². The van der Waals surface area contributed by atoms with Crippen LogP contribution in [-0.2, 0) is 4.74 Å². The highest BCUT2D eigenvalue weighted by atomic mass is 19.1. The number of rotatable bonds is 13. The Morgan fingerprint density at radius 2 is 2.00 bits per heavy atom. The van der Waals surface area contributed by atoms with Crippen LogP contribution in [0.15, 0.2) is 29.3 Å². The van der Waals surface area contributed by atoms with Gasteiger partial charge in [-0.2, -0.15) is 0 Å². The number of guanidine groups is 1. The van der Waals surface area contributed by atoms with Crippen molar-refractivity contribution in [3.8, 4) is 5.75 Å². The maximum absolute atomic E-state index is 12.9. The van der Waals surface area contributed by atoms with Gasteiger partial charge in [-0.05, 0) is 44.7 Å². The molecule has 0 aliphatic heterocycles. The van der Waals surface area contributed by atoms with E-state index < -0.39 is 6.10 Å². The molecule has 0 saturated carbocycles. The van der Waals surface area contributed by atoms with Gasteiger partial charge in [-0.15, -0.1) is 0 Å². The number of nitrogens with zero attached hydrogens (tertiary/aromatic N) is 2. The Hall–Kier alpha value is -1.90. The Bertz CT molecular complexity index is 528. The summed E-state index contributed by atoms with van der Waals surface area (Å²) >= 11 is 0. The summed E-state index contributed by atoms with van der Waals surface area (Å²) < 4.78 is 23.3. The maximum atomic E-state index is 12.9. The van der Waals surface area contributed by atoms with Crippen molar-refractivity contribution in [2.24, 2.45) is 4.99 Å². The standard InChI is InChI=1S/C19H33FN4O3/c1-4-21-19(22-10-12-24(2)11-5-13-26-3)23-14-17(25)15-27-18-8-6-16(20)7-9-18/h6-9,17,25H,4-5,10-15H2,1-3H3,(H2,21,22,23). The molecule has 1 atom stereocenters. The van der Waals surface area contributed by atoms with Crippen LogP contribution in [0.2, 0.25) is 0 Å². The zero-order valence-corrected chi connectivity index (χ0v) is 16.6. The van der Waals surface area contributed by atoms with Gasteiger partial charge in [0.1, 0.15) is 24.3 Å². The van der Waals surface area contributed by atoms with E-state index in [4.69, 9.17) is 9.47 Å². The molecule has 0 spiro atoms. The predicted octanol–water partition coefficient (Wildman–Crippen LogP) is 1.09. The van der Waals surface area contributed by atoms with E-state index in [2.05, 4.69) is 27.6 Å². The molecule has 0 amide bonds. The summed E-state index contributed by atoms with van der Waals surface area (Å²) in [5.74, 6) is 0.850. The van der Waals surface area contributed by atoms with Crippen LogP contribution in [0.1, 0.15) is 13.3 Å². The first-order valence-electron chi connectivity index (χ1n) is 9.31. The van der Waals surface area contributed by atoms with Crippen LogP contribution in [0.3, 0.4) is 0 Å². The molecule has 1 aromatic rings. The van der Waals surface area contributed by atoms with E-state index in [1.807, 2.05) is 6.92 Å². The first-order valence-corrected chi connectivity index (χ1v) is 9.31. The summed E-state index contributed by atoms with van der Waals surface area (Å²) in [7, 11) is 3.78. The molecule has 0 aliphatic rings. The summed E-state index contributed by atoms with van der Waals surface area (Å²) in [6.07, 6.45) is 0.253. The maximum Gasteiger partial charge on any atom is 0.191 e. The number of benzene rings is 1. The molecule has 0 bridgehead atoms. The summed E-state index contributed by atoms with van der Waals surface area (Å²) in [5, 5.41) is 16.4. The van der Waals surface area contributed by atoms with Crippen molar-refractivity contribution < 1.29 is 19.0 Å². The number of hydrogen-bond donors (Lipinski definition) is 3. The molecule has 1 aromatic carbocycles. The van der Waals surface area contributed by atoms with Crippen LogP contribution >= 0.6 is 0 Å². The van der Waals surface area contributed by atoms with Gasteiger partial charge in [-0.3, -0.25) is 4.99 Å². The molecule has 0 radical (unpaired) electrons. The molecule has 0 saturated heterocycles. The fraction of sp³-hybridized carbons (Fsp3) is 0.632. The molecule has 0 fully saturated rings. The van der Waals surface area contributed by atoms with Gasteiger partial charge in [-0.25, -0.2) is 4.39 Å². The highest BCUT2D eigenvalue weighted by Crippen LogP contribution is 2.11. The number of methoxy groups -OCH3 is 1. The molecule has 1 rings (SSSR count). The van der Waals surface area contributed by atoms with Crippen molar-refractivity contribution in [1.29, 1.82) is 0 Å². The lowest BCUT2D eigenvalue weighted by atomic mass is 10.3. The fourth-order valence-electron chi connectivity index (χ4n) is 2.27. The zero-order valence-electron chi connectivity index (χ0n) is 16.6. The fourth-order valence-corrected chi connectivity index (χ4v) is 2.27. The Morgan fingerprint density at radius 1 is 1.26 bits per heavy atom.